The highest BCUT2D eigenvalue weighted by Crippen LogP contribution is 2.35. The van der Waals surface area contributed by atoms with Gasteiger partial charge >= 0.3 is 0 Å². The standard InChI is InChI=1S/C8H7ClN2S2/c1-12-8-11-6-4(9)2-3-5(10)7(6)13-8/h2-3H,10H2,1H3. The third-order valence-electron chi connectivity index (χ3n) is 1.68. The summed E-state index contributed by atoms with van der Waals surface area (Å²) < 4.78 is 1.98. The normalized spacial score (nSPS) is 10.9. The Hall–Kier alpha value is -0.450. The van der Waals surface area contributed by atoms with Crippen molar-refractivity contribution in [2.24, 2.45) is 0 Å². The van der Waals surface area contributed by atoms with Crippen LogP contribution in [0.5, 0.6) is 0 Å². The van der Waals surface area contributed by atoms with Crippen LogP contribution in [0.4, 0.5) is 5.69 Å². The monoisotopic (exact) mass is 230 g/mol. The lowest BCUT2D eigenvalue weighted by Gasteiger charge is -1.94. The molecule has 0 aliphatic heterocycles. The second-order valence-corrected chi connectivity index (χ2v) is 4.96. The van der Waals surface area contributed by atoms with Gasteiger partial charge in [-0.25, -0.2) is 4.98 Å². The highest BCUT2D eigenvalue weighted by atomic mass is 35.5. The van der Waals surface area contributed by atoms with Gasteiger partial charge < -0.3 is 5.73 Å². The molecule has 0 saturated carbocycles. The first-order valence-corrected chi connectivity index (χ1v) is 6.03. The third kappa shape index (κ3) is 1.49. The molecule has 2 rings (SSSR count). The number of anilines is 1. The minimum absolute atomic E-state index is 0.667. The zero-order chi connectivity index (χ0) is 9.42. The number of hydrogen-bond acceptors (Lipinski definition) is 4. The minimum atomic E-state index is 0.667. The van der Waals surface area contributed by atoms with Crippen LogP contribution in [0.25, 0.3) is 10.2 Å². The topological polar surface area (TPSA) is 38.9 Å². The summed E-state index contributed by atoms with van der Waals surface area (Å²) >= 11 is 9.16. The van der Waals surface area contributed by atoms with Crippen LogP contribution in [0.1, 0.15) is 0 Å². The number of hydrogen-bond donors (Lipinski definition) is 1. The average Bonchev–Trinajstić information content (AvgIpc) is 2.56. The van der Waals surface area contributed by atoms with Crippen LogP contribution < -0.4 is 5.73 Å². The summed E-state index contributed by atoms with van der Waals surface area (Å²) in [5.74, 6) is 0. The molecule has 0 spiro atoms. The Bertz CT molecular complexity index is 414. The highest BCUT2D eigenvalue weighted by Gasteiger charge is 2.08. The van der Waals surface area contributed by atoms with E-state index in [1.165, 1.54) is 0 Å². The van der Waals surface area contributed by atoms with Crippen LogP contribution in [0.3, 0.4) is 0 Å². The molecule has 2 N–H and O–H groups in total. The third-order valence-corrected chi connectivity index (χ3v) is 4.07. The van der Waals surface area contributed by atoms with E-state index in [4.69, 9.17) is 17.3 Å². The van der Waals surface area contributed by atoms with Gasteiger partial charge in [0.15, 0.2) is 4.34 Å². The Kier molecular flexibility index (Phi) is 2.36. The zero-order valence-electron chi connectivity index (χ0n) is 6.87. The maximum atomic E-state index is 5.98. The number of fused-ring (bicyclic) bond motifs is 1. The van der Waals surface area contributed by atoms with Gasteiger partial charge in [-0.2, -0.15) is 0 Å². The molecule has 0 atom stereocenters. The summed E-state index contributed by atoms with van der Waals surface area (Å²) in [5, 5.41) is 0.667. The number of rotatable bonds is 1. The molecule has 0 fully saturated rings. The van der Waals surface area contributed by atoms with Crippen LogP contribution >= 0.6 is 34.7 Å². The van der Waals surface area contributed by atoms with Crippen molar-refractivity contribution in [2.75, 3.05) is 12.0 Å². The number of benzene rings is 1. The summed E-state index contributed by atoms with van der Waals surface area (Å²) in [6.07, 6.45) is 1.99. The van der Waals surface area contributed by atoms with Gasteiger partial charge in [-0.3, -0.25) is 0 Å². The van der Waals surface area contributed by atoms with Crippen LogP contribution in [0, 0.1) is 0 Å². The first kappa shape index (κ1) is 9.12. The van der Waals surface area contributed by atoms with E-state index in [-0.39, 0.29) is 0 Å². The maximum absolute atomic E-state index is 5.98. The molecule has 2 aromatic rings. The zero-order valence-corrected chi connectivity index (χ0v) is 9.26. The van der Waals surface area contributed by atoms with Crippen LogP contribution in [0.15, 0.2) is 16.5 Å². The molecule has 13 heavy (non-hydrogen) atoms. The molecule has 5 heteroatoms. The second kappa shape index (κ2) is 3.36. The molecule has 1 aromatic heterocycles. The fourth-order valence-electron chi connectivity index (χ4n) is 1.06. The van der Waals surface area contributed by atoms with Gasteiger partial charge in [-0.15, -0.1) is 11.3 Å². The Morgan fingerprint density at radius 3 is 2.92 bits per heavy atom. The first-order valence-electron chi connectivity index (χ1n) is 3.61. The molecule has 1 heterocycles. The smallest absolute Gasteiger partial charge is 0.150 e. The number of nitrogen functional groups attached to an aromatic ring is 1. The lowest BCUT2D eigenvalue weighted by Crippen LogP contribution is -1.83. The number of aromatic nitrogens is 1. The largest absolute Gasteiger partial charge is 0.398 e. The van der Waals surface area contributed by atoms with Crippen molar-refractivity contribution in [3.8, 4) is 0 Å². The molecule has 0 unspecified atom stereocenters. The number of nitrogens with two attached hydrogens (primary N) is 1. The van der Waals surface area contributed by atoms with E-state index >= 15 is 0 Å². The molecule has 0 aliphatic rings. The van der Waals surface area contributed by atoms with Gasteiger partial charge in [0.05, 0.1) is 15.4 Å². The van der Waals surface area contributed by atoms with Crippen LogP contribution in [0.2, 0.25) is 5.02 Å². The lowest BCUT2D eigenvalue weighted by molar-refractivity contribution is 1.31. The first-order chi connectivity index (χ1) is 6.22. The molecule has 0 aliphatic carbocycles. The van der Waals surface area contributed by atoms with Gasteiger partial charge in [0, 0.05) is 0 Å². The van der Waals surface area contributed by atoms with Gasteiger partial charge in [0.25, 0.3) is 0 Å². The van der Waals surface area contributed by atoms with Crippen molar-refractivity contribution in [2.45, 2.75) is 4.34 Å². The van der Waals surface area contributed by atoms with Crippen molar-refractivity contribution in [3.05, 3.63) is 17.2 Å². The minimum Gasteiger partial charge on any atom is -0.398 e. The van der Waals surface area contributed by atoms with Crippen molar-refractivity contribution in [1.82, 2.24) is 4.98 Å². The van der Waals surface area contributed by atoms with Crippen molar-refractivity contribution in [1.29, 1.82) is 0 Å². The highest BCUT2D eigenvalue weighted by molar-refractivity contribution is 8.00. The number of thiazole rings is 1. The Balaban J connectivity index is 2.80. The SMILES string of the molecule is CSc1nc2c(Cl)ccc(N)c2s1. The molecule has 0 amide bonds. The summed E-state index contributed by atoms with van der Waals surface area (Å²) in [6, 6.07) is 3.59. The van der Waals surface area contributed by atoms with E-state index in [0.717, 1.165) is 20.2 Å². The summed E-state index contributed by atoms with van der Waals surface area (Å²) in [7, 11) is 0. The van der Waals surface area contributed by atoms with Crippen molar-refractivity contribution >= 4 is 50.6 Å². The average molecular weight is 231 g/mol. The number of halogens is 1. The molecule has 0 radical (unpaired) electrons. The maximum Gasteiger partial charge on any atom is 0.150 e. The molecule has 2 nitrogen and oxygen atoms in total. The predicted octanol–water partition coefficient (Wildman–Crippen LogP) is 3.25. The van der Waals surface area contributed by atoms with E-state index in [2.05, 4.69) is 4.98 Å². The Labute approximate surface area is 89.1 Å². The van der Waals surface area contributed by atoms with Gasteiger partial charge in [-0.1, -0.05) is 23.4 Å². The number of thioether (sulfide) groups is 1. The molecular formula is C8H7ClN2S2. The quantitative estimate of drug-likeness (QED) is 0.604. The Morgan fingerprint density at radius 2 is 2.31 bits per heavy atom. The van der Waals surface area contributed by atoms with E-state index in [1.54, 1.807) is 29.2 Å². The summed E-state index contributed by atoms with van der Waals surface area (Å²) in [4.78, 5) is 4.36. The fourth-order valence-corrected chi connectivity index (χ4v) is 2.83. The molecule has 0 bridgehead atoms. The van der Waals surface area contributed by atoms with Gasteiger partial charge in [-0.05, 0) is 18.4 Å². The molecular weight excluding hydrogens is 224 g/mol. The van der Waals surface area contributed by atoms with Crippen LogP contribution in [-0.4, -0.2) is 11.2 Å². The lowest BCUT2D eigenvalue weighted by atomic mass is 10.3. The van der Waals surface area contributed by atoms with Crippen LogP contribution in [-0.2, 0) is 0 Å². The van der Waals surface area contributed by atoms with Crippen molar-refractivity contribution < 1.29 is 0 Å². The van der Waals surface area contributed by atoms with Gasteiger partial charge in [0.2, 0.25) is 0 Å². The fraction of sp³-hybridized carbons (Fsp3) is 0.125. The van der Waals surface area contributed by atoms with Gasteiger partial charge in [0.1, 0.15) is 5.52 Å². The number of nitrogens with zero attached hydrogens (tertiary/aromatic N) is 1. The predicted molar refractivity (Wildman–Crippen MR) is 60.8 cm³/mol. The van der Waals surface area contributed by atoms with E-state index < -0.39 is 0 Å². The molecule has 0 saturated heterocycles. The summed E-state index contributed by atoms with van der Waals surface area (Å²) in [5.41, 5.74) is 7.36. The second-order valence-electron chi connectivity index (χ2n) is 2.50. The van der Waals surface area contributed by atoms with E-state index in [9.17, 15) is 0 Å². The van der Waals surface area contributed by atoms with E-state index in [0.29, 0.717) is 5.02 Å². The van der Waals surface area contributed by atoms with E-state index in [1.807, 2.05) is 12.3 Å². The van der Waals surface area contributed by atoms with Crippen molar-refractivity contribution in [3.63, 3.8) is 0 Å². The Morgan fingerprint density at radius 1 is 1.54 bits per heavy atom. The molecule has 68 valence electrons. The summed E-state index contributed by atoms with van der Waals surface area (Å²) in [6.45, 7) is 0. The molecule has 1 aromatic carbocycles.